The van der Waals surface area contributed by atoms with Crippen molar-refractivity contribution in [3.05, 3.63) is 29.6 Å². The van der Waals surface area contributed by atoms with E-state index >= 15 is 0 Å². The number of hydrogen-bond donors (Lipinski definition) is 0. The van der Waals surface area contributed by atoms with Gasteiger partial charge in [-0.3, -0.25) is 4.79 Å². The van der Waals surface area contributed by atoms with E-state index in [0.29, 0.717) is 18.3 Å². The molecule has 1 fully saturated rings. The van der Waals surface area contributed by atoms with Gasteiger partial charge in [0.2, 0.25) is 0 Å². The Labute approximate surface area is 88.1 Å². The van der Waals surface area contributed by atoms with Crippen molar-refractivity contribution in [2.75, 3.05) is 6.61 Å². The van der Waals surface area contributed by atoms with Crippen LogP contribution in [0.3, 0.4) is 0 Å². The van der Waals surface area contributed by atoms with Crippen LogP contribution in [-0.4, -0.2) is 12.4 Å². The summed E-state index contributed by atoms with van der Waals surface area (Å²) >= 11 is 0. The second-order valence-corrected chi connectivity index (χ2v) is 3.95. The maximum Gasteiger partial charge on any atom is 0.162 e. The minimum Gasteiger partial charge on any atom is -0.493 e. The lowest BCUT2D eigenvalue weighted by Crippen LogP contribution is -2.01. The molecule has 0 amide bonds. The van der Waals surface area contributed by atoms with Gasteiger partial charge >= 0.3 is 0 Å². The molecule has 0 unspecified atom stereocenters. The molecular formula is C12H13FO2. The van der Waals surface area contributed by atoms with Crippen molar-refractivity contribution in [1.29, 1.82) is 0 Å². The van der Waals surface area contributed by atoms with Crippen molar-refractivity contribution in [2.24, 2.45) is 5.92 Å². The first-order valence-corrected chi connectivity index (χ1v) is 5.10. The Balaban J connectivity index is 2.06. The van der Waals surface area contributed by atoms with Crippen LogP contribution in [0.25, 0.3) is 0 Å². The zero-order valence-corrected chi connectivity index (χ0v) is 8.63. The first kappa shape index (κ1) is 10.1. The zero-order valence-electron chi connectivity index (χ0n) is 8.63. The number of ether oxygens (including phenoxy) is 1. The van der Waals surface area contributed by atoms with E-state index in [-0.39, 0.29) is 11.3 Å². The van der Waals surface area contributed by atoms with Gasteiger partial charge in [-0.25, -0.2) is 4.39 Å². The number of carbonyl (C=O) groups is 1. The standard InChI is InChI=1S/C12H13FO2/c1-8(14)11-5-4-10(6-12(11)13)15-7-9-2-3-9/h4-6,9H,2-3,7H2,1H3. The highest BCUT2D eigenvalue weighted by atomic mass is 19.1. The summed E-state index contributed by atoms with van der Waals surface area (Å²) in [5.41, 5.74) is 0.119. The topological polar surface area (TPSA) is 26.3 Å². The predicted molar refractivity (Wildman–Crippen MR) is 54.6 cm³/mol. The maximum atomic E-state index is 13.3. The van der Waals surface area contributed by atoms with E-state index in [1.807, 2.05) is 0 Å². The summed E-state index contributed by atoms with van der Waals surface area (Å²) in [6.07, 6.45) is 2.40. The number of hydrogen-bond acceptors (Lipinski definition) is 2. The largest absolute Gasteiger partial charge is 0.493 e. The summed E-state index contributed by atoms with van der Waals surface area (Å²) in [6.45, 7) is 2.00. The van der Waals surface area contributed by atoms with Gasteiger partial charge in [0.1, 0.15) is 11.6 Å². The van der Waals surface area contributed by atoms with E-state index in [9.17, 15) is 9.18 Å². The molecule has 1 aliphatic rings. The van der Waals surface area contributed by atoms with E-state index < -0.39 is 5.82 Å². The lowest BCUT2D eigenvalue weighted by molar-refractivity contribution is 0.101. The second-order valence-electron chi connectivity index (χ2n) is 3.95. The van der Waals surface area contributed by atoms with Crippen LogP contribution in [0.15, 0.2) is 18.2 Å². The SMILES string of the molecule is CC(=O)c1ccc(OCC2CC2)cc1F. The molecule has 0 aliphatic heterocycles. The van der Waals surface area contributed by atoms with Crippen LogP contribution in [0.1, 0.15) is 30.1 Å². The molecule has 0 atom stereocenters. The highest BCUT2D eigenvalue weighted by Gasteiger charge is 2.22. The molecule has 1 aliphatic carbocycles. The minimum atomic E-state index is -0.504. The molecule has 0 N–H and O–H groups in total. The first-order valence-electron chi connectivity index (χ1n) is 5.10. The third-order valence-electron chi connectivity index (χ3n) is 2.50. The lowest BCUT2D eigenvalue weighted by Gasteiger charge is -2.06. The molecule has 3 heteroatoms. The highest BCUT2D eigenvalue weighted by molar-refractivity contribution is 5.94. The Morgan fingerprint density at radius 3 is 2.80 bits per heavy atom. The molecule has 2 nitrogen and oxygen atoms in total. The van der Waals surface area contributed by atoms with Crippen LogP contribution in [0.2, 0.25) is 0 Å². The Bertz CT molecular complexity index is 383. The van der Waals surface area contributed by atoms with E-state index in [4.69, 9.17) is 4.74 Å². The number of halogens is 1. The summed E-state index contributed by atoms with van der Waals surface area (Å²) in [5.74, 6) is 0.377. The van der Waals surface area contributed by atoms with Gasteiger partial charge in [-0.1, -0.05) is 0 Å². The van der Waals surface area contributed by atoms with E-state index in [2.05, 4.69) is 0 Å². The molecular weight excluding hydrogens is 195 g/mol. The molecule has 0 heterocycles. The molecule has 15 heavy (non-hydrogen) atoms. The van der Waals surface area contributed by atoms with Gasteiger partial charge in [-0.05, 0) is 37.8 Å². The Morgan fingerprint density at radius 1 is 1.53 bits per heavy atom. The average Bonchev–Trinajstić information content (AvgIpc) is 2.97. The number of Topliss-reactive ketones (excluding diaryl/α,β-unsaturated/α-hetero) is 1. The molecule has 0 bridgehead atoms. The summed E-state index contributed by atoms with van der Waals surface area (Å²) in [6, 6.07) is 4.39. The molecule has 0 spiro atoms. The fourth-order valence-electron chi connectivity index (χ4n) is 1.37. The highest BCUT2D eigenvalue weighted by Crippen LogP contribution is 2.29. The summed E-state index contributed by atoms with van der Waals surface area (Å²) in [5, 5.41) is 0. The van der Waals surface area contributed by atoms with Crippen molar-refractivity contribution in [3.8, 4) is 5.75 Å². The molecule has 0 aromatic heterocycles. The van der Waals surface area contributed by atoms with Crippen molar-refractivity contribution >= 4 is 5.78 Å². The van der Waals surface area contributed by atoms with Gasteiger partial charge in [-0.15, -0.1) is 0 Å². The van der Waals surface area contributed by atoms with E-state index in [1.165, 1.54) is 31.9 Å². The van der Waals surface area contributed by atoms with Gasteiger partial charge in [0.15, 0.2) is 5.78 Å². The molecule has 0 saturated heterocycles. The quantitative estimate of drug-likeness (QED) is 0.711. The molecule has 80 valence electrons. The van der Waals surface area contributed by atoms with Gasteiger partial charge in [0.05, 0.1) is 12.2 Å². The fourth-order valence-corrected chi connectivity index (χ4v) is 1.37. The number of benzene rings is 1. The van der Waals surface area contributed by atoms with Gasteiger partial charge < -0.3 is 4.74 Å². The Hall–Kier alpha value is -1.38. The van der Waals surface area contributed by atoms with Crippen LogP contribution < -0.4 is 4.74 Å². The normalized spacial score (nSPS) is 15.1. The van der Waals surface area contributed by atoms with E-state index in [1.54, 1.807) is 6.07 Å². The second kappa shape index (κ2) is 4.01. The monoisotopic (exact) mass is 208 g/mol. The number of ketones is 1. The fraction of sp³-hybridized carbons (Fsp3) is 0.417. The van der Waals surface area contributed by atoms with Crippen LogP contribution in [0, 0.1) is 11.7 Å². The van der Waals surface area contributed by atoms with Crippen LogP contribution in [0.5, 0.6) is 5.75 Å². The Kier molecular flexibility index (Phi) is 2.71. The van der Waals surface area contributed by atoms with Crippen LogP contribution in [-0.2, 0) is 0 Å². The number of rotatable bonds is 4. The van der Waals surface area contributed by atoms with Crippen LogP contribution >= 0.6 is 0 Å². The van der Waals surface area contributed by atoms with Gasteiger partial charge in [0.25, 0.3) is 0 Å². The van der Waals surface area contributed by atoms with Crippen molar-refractivity contribution in [3.63, 3.8) is 0 Å². The van der Waals surface area contributed by atoms with Crippen LogP contribution in [0.4, 0.5) is 4.39 Å². The molecule has 1 aromatic rings. The average molecular weight is 208 g/mol. The summed E-state index contributed by atoms with van der Waals surface area (Å²) in [4.78, 5) is 11.0. The maximum absolute atomic E-state index is 13.3. The smallest absolute Gasteiger partial charge is 0.162 e. The third kappa shape index (κ3) is 2.55. The molecule has 2 rings (SSSR count). The summed E-state index contributed by atoms with van der Waals surface area (Å²) in [7, 11) is 0. The summed E-state index contributed by atoms with van der Waals surface area (Å²) < 4.78 is 18.7. The van der Waals surface area contributed by atoms with E-state index in [0.717, 1.165) is 0 Å². The molecule has 1 saturated carbocycles. The number of carbonyl (C=O) groups excluding carboxylic acids is 1. The minimum absolute atomic E-state index is 0.119. The van der Waals surface area contributed by atoms with Crippen molar-refractivity contribution in [2.45, 2.75) is 19.8 Å². The van der Waals surface area contributed by atoms with Gasteiger partial charge in [-0.2, -0.15) is 0 Å². The predicted octanol–water partition coefficient (Wildman–Crippen LogP) is 2.82. The third-order valence-corrected chi connectivity index (χ3v) is 2.50. The molecule has 1 aromatic carbocycles. The zero-order chi connectivity index (χ0) is 10.8. The lowest BCUT2D eigenvalue weighted by atomic mass is 10.1. The van der Waals surface area contributed by atoms with Gasteiger partial charge in [0, 0.05) is 6.07 Å². The molecule has 0 radical (unpaired) electrons. The van der Waals surface area contributed by atoms with Crippen molar-refractivity contribution in [1.82, 2.24) is 0 Å². The Morgan fingerprint density at radius 2 is 2.27 bits per heavy atom. The van der Waals surface area contributed by atoms with Crippen molar-refractivity contribution < 1.29 is 13.9 Å². The first-order chi connectivity index (χ1) is 7.16.